The summed E-state index contributed by atoms with van der Waals surface area (Å²) in [4.78, 5) is 33.7. The Bertz CT molecular complexity index is 1090. The normalized spacial score (nSPS) is 17.9. The lowest BCUT2D eigenvalue weighted by atomic mass is 10.1. The Hall–Kier alpha value is -3.70. The second-order valence-corrected chi connectivity index (χ2v) is 6.61. The van der Waals surface area contributed by atoms with Gasteiger partial charge in [-0.15, -0.1) is 0 Å². The van der Waals surface area contributed by atoms with E-state index in [1.807, 2.05) is 0 Å². The summed E-state index contributed by atoms with van der Waals surface area (Å²) < 4.78 is 53.5. The predicted molar refractivity (Wildman–Crippen MR) is 98.6 cm³/mol. The number of hydrogen-bond acceptors (Lipinski definition) is 5. The standard InChI is InChI=1S/C9H6F2N2O3.C9H8F2N2O/c1-12-7-3-2-5(13(15)16)4-6(7)9(10,11)8(12)14;1-13-7-3-2-5(12)4-6(7)9(10,11)8(13)14/h2-4H,1H3;2-4H,12H2,1H3. The van der Waals surface area contributed by atoms with Gasteiger partial charge in [0, 0.05) is 31.9 Å². The number of rotatable bonds is 1. The predicted octanol–water partition coefficient (Wildman–Crippen LogP) is 3.00. The van der Waals surface area contributed by atoms with Gasteiger partial charge in [-0.25, -0.2) is 0 Å². The van der Waals surface area contributed by atoms with E-state index >= 15 is 0 Å². The molecule has 30 heavy (non-hydrogen) atoms. The maximum atomic E-state index is 13.4. The average Bonchev–Trinajstić information content (AvgIpc) is 2.97. The van der Waals surface area contributed by atoms with Crippen LogP contribution in [0.15, 0.2) is 36.4 Å². The fraction of sp³-hybridized carbons (Fsp3) is 0.222. The molecule has 0 radical (unpaired) electrons. The quantitative estimate of drug-likeness (QED) is 0.326. The average molecular weight is 426 g/mol. The van der Waals surface area contributed by atoms with Crippen LogP contribution in [0.4, 0.5) is 40.3 Å². The molecule has 0 bridgehead atoms. The fourth-order valence-corrected chi connectivity index (χ4v) is 3.15. The number of likely N-dealkylation sites (N-methyl/N-ethyl adjacent to an activating group) is 2. The van der Waals surface area contributed by atoms with Gasteiger partial charge in [0.05, 0.1) is 27.4 Å². The molecule has 0 saturated heterocycles. The highest BCUT2D eigenvalue weighted by atomic mass is 19.3. The van der Waals surface area contributed by atoms with E-state index in [9.17, 15) is 37.3 Å². The number of halogens is 4. The van der Waals surface area contributed by atoms with Gasteiger partial charge in [-0.05, 0) is 24.3 Å². The molecule has 0 aromatic heterocycles. The Morgan fingerprint density at radius 3 is 1.77 bits per heavy atom. The maximum absolute atomic E-state index is 13.4. The third-order valence-corrected chi connectivity index (χ3v) is 4.76. The monoisotopic (exact) mass is 426 g/mol. The molecule has 0 atom stereocenters. The molecular formula is C18H14F4N4O4. The number of carbonyl (C=O) groups is 2. The lowest BCUT2D eigenvalue weighted by Gasteiger charge is -2.08. The SMILES string of the molecule is CN1C(=O)C(F)(F)c2cc(N)ccc21.CN1C(=O)C(F)(F)c2cc([N+](=O)[O-])ccc21. The van der Waals surface area contributed by atoms with Crippen LogP contribution in [0, 0.1) is 10.1 Å². The van der Waals surface area contributed by atoms with Gasteiger partial charge in [-0.3, -0.25) is 19.7 Å². The Kier molecular flexibility index (Phi) is 4.68. The molecule has 4 rings (SSSR count). The van der Waals surface area contributed by atoms with Crippen molar-refractivity contribution in [3.05, 3.63) is 57.6 Å². The van der Waals surface area contributed by atoms with Crippen molar-refractivity contribution in [2.75, 3.05) is 29.6 Å². The van der Waals surface area contributed by atoms with Crippen LogP contribution in [0.2, 0.25) is 0 Å². The van der Waals surface area contributed by atoms with Crippen molar-refractivity contribution in [2.45, 2.75) is 11.8 Å². The zero-order valence-corrected chi connectivity index (χ0v) is 15.5. The van der Waals surface area contributed by atoms with E-state index in [2.05, 4.69) is 0 Å². The molecule has 2 aromatic carbocycles. The molecule has 0 spiro atoms. The smallest absolute Gasteiger partial charge is 0.352 e. The number of fused-ring (bicyclic) bond motifs is 2. The summed E-state index contributed by atoms with van der Waals surface area (Å²) in [7, 11) is 2.52. The first kappa shape index (κ1) is 21.0. The first-order valence-corrected chi connectivity index (χ1v) is 8.31. The number of hydrogen-bond donors (Lipinski definition) is 1. The molecular weight excluding hydrogens is 412 g/mol. The Labute approximate surface area is 166 Å². The first-order chi connectivity index (χ1) is 13.8. The number of nitrogens with zero attached hydrogens (tertiary/aromatic N) is 3. The van der Waals surface area contributed by atoms with E-state index < -0.39 is 39.8 Å². The lowest BCUT2D eigenvalue weighted by Crippen LogP contribution is -2.31. The van der Waals surface area contributed by atoms with Crippen LogP contribution in [-0.4, -0.2) is 30.8 Å². The van der Waals surface area contributed by atoms with Gasteiger partial charge >= 0.3 is 23.7 Å². The van der Waals surface area contributed by atoms with Crippen LogP contribution >= 0.6 is 0 Å². The molecule has 2 aliphatic rings. The van der Waals surface area contributed by atoms with Crippen molar-refractivity contribution >= 4 is 34.6 Å². The summed E-state index contributed by atoms with van der Waals surface area (Å²) in [5.74, 6) is -9.71. The molecule has 0 aliphatic carbocycles. The van der Waals surface area contributed by atoms with Crippen molar-refractivity contribution in [3.63, 3.8) is 0 Å². The molecule has 0 fully saturated rings. The molecule has 2 aliphatic heterocycles. The van der Waals surface area contributed by atoms with Crippen LogP contribution in [0.5, 0.6) is 0 Å². The van der Waals surface area contributed by atoms with Gasteiger partial charge in [0.15, 0.2) is 0 Å². The highest BCUT2D eigenvalue weighted by molar-refractivity contribution is 6.06. The van der Waals surface area contributed by atoms with Gasteiger partial charge < -0.3 is 15.5 Å². The number of benzene rings is 2. The lowest BCUT2D eigenvalue weighted by molar-refractivity contribution is -0.385. The molecule has 12 heteroatoms. The summed E-state index contributed by atoms with van der Waals surface area (Å²) in [5, 5.41) is 10.4. The van der Waals surface area contributed by atoms with E-state index in [1.54, 1.807) is 0 Å². The number of carbonyl (C=O) groups excluding carboxylic acids is 2. The van der Waals surface area contributed by atoms with Crippen LogP contribution < -0.4 is 15.5 Å². The summed E-state index contributed by atoms with van der Waals surface area (Å²) in [6.07, 6.45) is 0. The Balaban J connectivity index is 0.000000172. The van der Waals surface area contributed by atoms with Gasteiger partial charge in [0.2, 0.25) is 0 Å². The largest absolute Gasteiger partial charge is 0.399 e. The van der Waals surface area contributed by atoms with E-state index in [0.29, 0.717) is 0 Å². The number of amides is 2. The van der Waals surface area contributed by atoms with Crippen molar-refractivity contribution < 1.29 is 32.1 Å². The molecule has 2 N–H and O–H groups in total. The van der Waals surface area contributed by atoms with E-state index in [0.717, 1.165) is 34.1 Å². The number of anilines is 3. The molecule has 8 nitrogen and oxygen atoms in total. The Morgan fingerprint density at radius 1 is 0.867 bits per heavy atom. The molecule has 2 aromatic rings. The second kappa shape index (κ2) is 6.68. The van der Waals surface area contributed by atoms with Crippen molar-refractivity contribution in [1.82, 2.24) is 0 Å². The molecule has 2 heterocycles. The minimum atomic E-state index is -3.68. The molecule has 2 amide bonds. The third kappa shape index (κ3) is 3.00. The minimum absolute atomic E-state index is 0.000556. The fourth-order valence-electron chi connectivity index (χ4n) is 3.15. The number of alkyl halides is 4. The number of nitro groups is 1. The zero-order valence-electron chi connectivity index (χ0n) is 15.5. The number of nitrogen functional groups attached to an aromatic ring is 1. The first-order valence-electron chi connectivity index (χ1n) is 8.31. The Morgan fingerprint density at radius 2 is 1.30 bits per heavy atom. The minimum Gasteiger partial charge on any atom is -0.399 e. The number of non-ortho nitro benzene ring substituents is 1. The van der Waals surface area contributed by atoms with Gasteiger partial charge in [0.1, 0.15) is 0 Å². The van der Waals surface area contributed by atoms with Crippen LogP contribution in [-0.2, 0) is 21.4 Å². The van der Waals surface area contributed by atoms with Crippen molar-refractivity contribution in [2.24, 2.45) is 0 Å². The van der Waals surface area contributed by atoms with Crippen molar-refractivity contribution in [3.8, 4) is 0 Å². The summed E-state index contributed by atoms with van der Waals surface area (Å²) in [6.45, 7) is 0. The maximum Gasteiger partial charge on any atom is 0.352 e. The summed E-state index contributed by atoms with van der Waals surface area (Å²) in [5.41, 5.74) is 4.44. The van der Waals surface area contributed by atoms with Gasteiger partial charge in [-0.2, -0.15) is 17.6 Å². The third-order valence-electron chi connectivity index (χ3n) is 4.76. The highest BCUT2D eigenvalue weighted by Gasteiger charge is 2.52. The topological polar surface area (TPSA) is 110 Å². The van der Waals surface area contributed by atoms with E-state index in [1.165, 1.54) is 26.2 Å². The van der Waals surface area contributed by atoms with E-state index in [4.69, 9.17) is 5.73 Å². The van der Waals surface area contributed by atoms with Crippen LogP contribution in [0.25, 0.3) is 0 Å². The van der Waals surface area contributed by atoms with Crippen LogP contribution in [0.3, 0.4) is 0 Å². The van der Waals surface area contributed by atoms with Crippen LogP contribution in [0.1, 0.15) is 11.1 Å². The summed E-state index contributed by atoms with van der Waals surface area (Å²) >= 11 is 0. The number of nitrogens with two attached hydrogens (primary N) is 1. The molecule has 158 valence electrons. The summed E-state index contributed by atoms with van der Waals surface area (Å²) in [6, 6.07) is 7.01. The van der Waals surface area contributed by atoms with Crippen molar-refractivity contribution in [1.29, 1.82) is 0 Å². The van der Waals surface area contributed by atoms with Gasteiger partial charge in [0.25, 0.3) is 5.69 Å². The number of nitro benzene ring substituents is 1. The molecule has 0 unspecified atom stereocenters. The zero-order chi connectivity index (χ0) is 22.6. The molecule has 0 saturated carbocycles. The second-order valence-electron chi connectivity index (χ2n) is 6.61. The van der Waals surface area contributed by atoms with Gasteiger partial charge in [-0.1, -0.05) is 0 Å². The highest BCUT2D eigenvalue weighted by Crippen LogP contribution is 2.45. The van der Waals surface area contributed by atoms with E-state index in [-0.39, 0.29) is 22.6 Å².